The fraction of sp³-hybridized carbons (Fsp3) is 0.0833. The molecule has 2 heterocycles. The molecule has 2 aromatic carbocycles. The molecule has 0 radical (unpaired) electrons. The summed E-state index contributed by atoms with van der Waals surface area (Å²) in [5, 5.41) is 4.86. The van der Waals surface area contributed by atoms with Gasteiger partial charge in [0.05, 0.1) is 37.2 Å². The summed E-state index contributed by atoms with van der Waals surface area (Å²) in [6.07, 6.45) is 4.92. The summed E-state index contributed by atoms with van der Waals surface area (Å²) in [5.74, 6) is 0.925. The van der Waals surface area contributed by atoms with E-state index in [4.69, 9.17) is 9.47 Å². The molecule has 0 spiro atoms. The zero-order valence-corrected chi connectivity index (χ0v) is 17.1. The lowest BCUT2D eigenvalue weighted by Crippen LogP contribution is -2.18. The van der Waals surface area contributed by atoms with Gasteiger partial charge in [-0.05, 0) is 36.4 Å². The summed E-state index contributed by atoms with van der Waals surface area (Å²) in [6.45, 7) is 0. The van der Waals surface area contributed by atoms with Crippen LogP contribution in [0.25, 0.3) is 22.2 Å². The number of hydrazone groups is 1. The van der Waals surface area contributed by atoms with E-state index in [0.717, 1.165) is 16.5 Å². The molecule has 0 aliphatic heterocycles. The number of hydrogen-bond acceptors (Lipinski definition) is 6. The number of hydrogen-bond donors (Lipinski definition) is 1. The van der Waals surface area contributed by atoms with E-state index in [9.17, 15) is 4.79 Å². The third-order valence-electron chi connectivity index (χ3n) is 4.75. The van der Waals surface area contributed by atoms with Crippen LogP contribution in [0.15, 0.2) is 78.2 Å². The Balaban J connectivity index is 1.64. The van der Waals surface area contributed by atoms with Gasteiger partial charge in [0.2, 0.25) is 0 Å². The Bertz CT molecular complexity index is 1260. The number of carbonyl (C=O) groups is 1. The van der Waals surface area contributed by atoms with Crippen molar-refractivity contribution in [1.82, 2.24) is 15.4 Å². The molecule has 0 saturated carbocycles. The number of aromatic nitrogens is 2. The molecular formula is C24H20N4O3. The van der Waals surface area contributed by atoms with Crippen LogP contribution in [0.2, 0.25) is 0 Å². The molecule has 1 N–H and O–H groups in total. The van der Waals surface area contributed by atoms with Crippen molar-refractivity contribution in [2.75, 3.05) is 14.2 Å². The first kappa shape index (κ1) is 20.0. The number of para-hydroxylation sites is 1. The molecular weight excluding hydrogens is 392 g/mol. The predicted molar refractivity (Wildman–Crippen MR) is 120 cm³/mol. The van der Waals surface area contributed by atoms with Crippen molar-refractivity contribution in [3.05, 3.63) is 84.2 Å². The number of carbonyl (C=O) groups excluding carboxylic acids is 1. The molecule has 0 atom stereocenters. The molecule has 0 fully saturated rings. The predicted octanol–water partition coefficient (Wildman–Crippen LogP) is 4.08. The number of nitrogens with one attached hydrogen (secondary N) is 1. The minimum atomic E-state index is -0.336. The molecule has 7 nitrogen and oxygen atoms in total. The van der Waals surface area contributed by atoms with Crippen molar-refractivity contribution in [3.8, 4) is 22.8 Å². The van der Waals surface area contributed by atoms with Crippen LogP contribution in [0.4, 0.5) is 0 Å². The molecule has 0 bridgehead atoms. The Morgan fingerprint density at radius 2 is 1.81 bits per heavy atom. The smallest absolute Gasteiger partial charge is 0.272 e. The fourth-order valence-corrected chi connectivity index (χ4v) is 3.18. The molecule has 4 aromatic rings. The molecule has 31 heavy (non-hydrogen) atoms. The second kappa shape index (κ2) is 9.04. The Morgan fingerprint density at radius 1 is 1.00 bits per heavy atom. The molecule has 7 heteroatoms. The van der Waals surface area contributed by atoms with Gasteiger partial charge in [0.15, 0.2) is 0 Å². The van der Waals surface area contributed by atoms with Crippen molar-refractivity contribution >= 4 is 23.0 Å². The molecule has 1 amide bonds. The van der Waals surface area contributed by atoms with E-state index in [0.29, 0.717) is 28.3 Å². The Labute approximate surface area is 179 Å². The fourth-order valence-electron chi connectivity index (χ4n) is 3.18. The van der Waals surface area contributed by atoms with E-state index >= 15 is 0 Å². The molecule has 0 aliphatic carbocycles. The van der Waals surface area contributed by atoms with Crippen LogP contribution >= 0.6 is 0 Å². The Kier molecular flexibility index (Phi) is 5.84. The first-order chi connectivity index (χ1) is 15.2. The summed E-state index contributed by atoms with van der Waals surface area (Å²) in [4.78, 5) is 21.7. The molecule has 4 rings (SSSR count). The molecule has 0 saturated heterocycles. The van der Waals surface area contributed by atoms with Crippen LogP contribution in [-0.2, 0) is 0 Å². The maximum atomic E-state index is 13.0. The van der Waals surface area contributed by atoms with Gasteiger partial charge in [-0.25, -0.2) is 10.4 Å². The Hall–Kier alpha value is -4.26. The summed E-state index contributed by atoms with van der Waals surface area (Å²) in [7, 11) is 3.15. The van der Waals surface area contributed by atoms with E-state index in [2.05, 4.69) is 20.5 Å². The van der Waals surface area contributed by atoms with Gasteiger partial charge in [-0.15, -0.1) is 0 Å². The normalized spacial score (nSPS) is 10.9. The Morgan fingerprint density at radius 3 is 2.58 bits per heavy atom. The lowest BCUT2D eigenvalue weighted by molar-refractivity contribution is 0.0956. The number of pyridine rings is 2. The first-order valence-electron chi connectivity index (χ1n) is 9.55. The lowest BCUT2D eigenvalue weighted by atomic mass is 10.0. The minimum Gasteiger partial charge on any atom is -0.497 e. The highest BCUT2D eigenvalue weighted by molar-refractivity contribution is 6.07. The number of fused-ring (bicyclic) bond motifs is 1. The average Bonchev–Trinajstić information content (AvgIpc) is 2.83. The number of ether oxygens (including phenoxy) is 2. The highest BCUT2D eigenvalue weighted by Crippen LogP contribution is 2.25. The van der Waals surface area contributed by atoms with Crippen LogP contribution < -0.4 is 14.9 Å². The zero-order valence-electron chi connectivity index (χ0n) is 17.1. The number of amides is 1. The number of nitrogens with zero attached hydrogens (tertiary/aromatic N) is 3. The molecule has 0 unspecified atom stereocenters. The third-order valence-corrected chi connectivity index (χ3v) is 4.75. The maximum absolute atomic E-state index is 13.0. The van der Waals surface area contributed by atoms with Crippen molar-refractivity contribution in [2.45, 2.75) is 0 Å². The SMILES string of the molecule is COc1ccc(/C=N\NC(=O)c2cc(-c3ccncc3)nc3ccccc23)c(OC)c1. The minimum absolute atomic E-state index is 0.336. The van der Waals surface area contributed by atoms with E-state index < -0.39 is 0 Å². The zero-order chi connectivity index (χ0) is 21.6. The van der Waals surface area contributed by atoms with Crippen molar-refractivity contribution in [2.24, 2.45) is 5.10 Å². The van der Waals surface area contributed by atoms with E-state index in [1.54, 1.807) is 50.9 Å². The molecule has 0 aliphatic rings. The largest absolute Gasteiger partial charge is 0.497 e. The quantitative estimate of drug-likeness (QED) is 0.381. The first-order valence-corrected chi connectivity index (χ1v) is 9.55. The number of rotatable bonds is 6. The van der Waals surface area contributed by atoms with Gasteiger partial charge < -0.3 is 9.47 Å². The van der Waals surface area contributed by atoms with E-state index in [1.807, 2.05) is 36.4 Å². The average molecular weight is 412 g/mol. The van der Waals surface area contributed by atoms with Crippen molar-refractivity contribution < 1.29 is 14.3 Å². The van der Waals surface area contributed by atoms with Gasteiger partial charge in [-0.3, -0.25) is 9.78 Å². The van der Waals surface area contributed by atoms with Gasteiger partial charge in [-0.2, -0.15) is 5.10 Å². The summed E-state index contributed by atoms with van der Waals surface area (Å²) in [5.41, 5.74) is 6.08. The summed E-state index contributed by atoms with van der Waals surface area (Å²) >= 11 is 0. The van der Waals surface area contributed by atoms with Crippen molar-refractivity contribution in [3.63, 3.8) is 0 Å². The van der Waals surface area contributed by atoms with Crippen LogP contribution in [0.1, 0.15) is 15.9 Å². The standard InChI is InChI=1S/C24H20N4O3/c1-30-18-8-7-17(23(13-18)31-2)15-26-28-24(29)20-14-22(16-9-11-25-12-10-16)27-21-6-4-3-5-19(20)21/h3-15H,1-2H3,(H,28,29)/b26-15-. The molecule has 2 aromatic heterocycles. The van der Waals surface area contributed by atoms with Gasteiger partial charge in [-0.1, -0.05) is 18.2 Å². The number of benzene rings is 2. The summed E-state index contributed by atoms with van der Waals surface area (Å²) < 4.78 is 10.6. The van der Waals surface area contributed by atoms with Crippen molar-refractivity contribution in [1.29, 1.82) is 0 Å². The van der Waals surface area contributed by atoms with E-state index in [-0.39, 0.29) is 5.91 Å². The van der Waals surface area contributed by atoms with E-state index in [1.165, 1.54) is 6.21 Å². The van der Waals surface area contributed by atoms with Crippen LogP contribution in [0.3, 0.4) is 0 Å². The van der Waals surface area contributed by atoms with Gasteiger partial charge >= 0.3 is 0 Å². The topological polar surface area (TPSA) is 85.7 Å². The third kappa shape index (κ3) is 4.35. The van der Waals surface area contributed by atoms with Gasteiger partial charge in [0, 0.05) is 35.0 Å². The highest BCUT2D eigenvalue weighted by atomic mass is 16.5. The van der Waals surface area contributed by atoms with Crippen LogP contribution in [-0.4, -0.2) is 36.3 Å². The van der Waals surface area contributed by atoms with Crippen LogP contribution in [0.5, 0.6) is 11.5 Å². The van der Waals surface area contributed by atoms with Gasteiger partial charge in [0.1, 0.15) is 11.5 Å². The monoisotopic (exact) mass is 412 g/mol. The second-order valence-electron chi connectivity index (χ2n) is 6.62. The lowest BCUT2D eigenvalue weighted by Gasteiger charge is -2.09. The summed E-state index contributed by atoms with van der Waals surface area (Å²) in [6, 6.07) is 18.3. The molecule has 154 valence electrons. The highest BCUT2D eigenvalue weighted by Gasteiger charge is 2.13. The second-order valence-corrected chi connectivity index (χ2v) is 6.62. The van der Waals surface area contributed by atoms with Gasteiger partial charge in [0.25, 0.3) is 5.91 Å². The van der Waals surface area contributed by atoms with Crippen LogP contribution in [0, 0.1) is 0 Å². The maximum Gasteiger partial charge on any atom is 0.272 e. The number of methoxy groups -OCH3 is 2.